The van der Waals surface area contributed by atoms with Crippen molar-refractivity contribution in [3.63, 3.8) is 0 Å². The normalized spacial score (nSPS) is 11.6. The van der Waals surface area contributed by atoms with E-state index in [0.717, 1.165) is 10.5 Å². The van der Waals surface area contributed by atoms with E-state index in [1.807, 2.05) is 31.2 Å². The van der Waals surface area contributed by atoms with Crippen molar-refractivity contribution in [1.82, 2.24) is 0 Å². The predicted molar refractivity (Wildman–Crippen MR) is 75.7 cm³/mol. The van der Waals surface area contributed by atoms with E-state index >= 15 is 0 Å². The van der Waals surface area contributed by atoms with Crippen LogP contribution < -0.4 is 0 Å². The Morgan fingerprint density at radius 1 is 1.18 bits per heavy atom. The second-order valence-corrected chi connectivity index (χ2v) is 7.52. The van der Waals surface area contributed by atoms with Crippen LogP contribution in [0.4, 0.5) is 0 Å². The lowest BCUT2D eigenvalue weighted by molar-refractivity contribution is 0.596. The van der Waals surface area contributed by atoms with E-state index in [4.69, 9.17) is 11.6 Å². The molecule has 0 saturated heterocycles. The lowest BCUT2D eigenvalue weighted by Gasteiger charge is -2.03. The molecule has 0 aliphatic carbocycles. The third-order valence-electron chi connectivity index (χ3n) is 2.26. The summed E-state index contributed by atoms with van der Waals surface area (Å²) in [5, 5.41) is 0. The van der Waals surface area contributed by atoms with Gasteiger partial charge in [-0.2, -0.15) is 0 Å². The molecule has 0 radical (unpaired) electrons. The topological polar surface area (TPSA) is 34.1 Å². The molecular formula is C12H17ClO2S2. The van der Waals surface area contributed by atoms with Crippen LogP contribution in [0.3, 0.4) is 0 Å². The van der Waals surface area contributed by atoms with Crippen LogP contribution in [0.1, 0.15) is 18.9 Å². The van der Waals surface area contributed by atoms with Crippen LogP contribution in [-0.2, 0) is 15.7 Å². The molecule has 1 rings (SSSR count). The van der Waals surface area contributed by atoms with E-state index in [1.165, 1.54) is 0 Å². The third kappa shape index (κ3) is 5.80. The predicted octanol–water partition coefficient (Wildman–Crippen LogP) is 3.34. The molecular weight excluding hydrogens is 276 g/mol. The average molecular weight is 293 g/mol. The summed E-state index contributed by atoms with van der Waals surface area (Å²) in [6.07, 6.45) is 0.692. The summed E-state index contributed by atoms with van der Waals surface area (Å²) in [7, 11) is -2.86. The van der Waals surface area contributed by atoms with Crippen LogP contribution in [0.25, 0.3) is 0 Å². The number of thioether (sulfide) groups is 1. The van der Waals surface area contributed by atoms with Gasteiger partial charge in [-0.1, -0.05) is 19.1 Å². The van der Waals surface area contributed by atoms with Crippen molar-refractivity contribution in [3.05, 3.63) is 29.8 Å². The SMILES string of the molecule is CCCS(=O)(=O)CCSc1ccc(CCl)cc1. The van der Waals surface area contributed by atoms with Crippen molar-refractivity contribution in [1.29, 1.82) is 0 Å². The Kier molecular flexibility index (Phi) is 6.38. The minimum absolute atomic E-state index is 0.253. The fourth-order valence-electron chi connectivity index (χ4n) is 1.37. The van der Waals surface area contributed by atoms with Gasteiger partial charge >= 0.3 is 0 Å². The number of hydrogen-bond donors (Lipinski definition) is 0. The number of halogens is 1. The Hall–Kier alpha value is -0.190. The highest BCUT2D eigenvalue weighted by molar-refractivity contribution is 8.00. The van der Waals surface area contributed by atoms with Gasteiger partial charge in [0.1, 0.15) is 0 Å². The number of sulfone groups is 1. The van der Waals surface area contributed by atoms with Crippen LogP contribution in [0, 0.1) is 0 Å². The van der Waals surface area contributed by atoms with Crippen molar-refractivity contribution in [3.8, 4) is 0 Å². The van der Waals surface area contributed by atoms with Crippen molar-refractivity contribution < 1.29 is 8.42 Å². The highest BCUT2D eigenvalue weighted by atomic mass is 35.5. The minimum atomic E-state index is -2.86. The van der Waals surface area contributed by atoms with Crippen LogP contribution >= 0.6 is 23.4 Å². The molecule has 0 bridgehead atoms. The molecule has 0 heterocycles. The summed E-state index contributed by atoms with van der Waals surface area (Å²) in [4.78, 5) is 1.09. The summed E-state index contributed by atoms with van der Waals surface area (Å²) >= 11 is 7.26. The monoisotopic (exact) mass is 292 g/mol. The third-order valence-corrected chi connectivity index (χ3v) is 5.69. The molecule has 0 amide bonds. The molecule has 0 saturated carbocycles. The Bertz CT molecular complexity index is 426. The zero-order valence-corrected chi connectivity index (χ0v) is 12.2. The summed E-state index contributed by atoms with van der Waals surface area (Å²) in [5.41, 5.74) is 1.08. The first-order valence-electron chi connectivity index (χ1n) is 5.55. The number of rotatable bonds is 7. The van der Waals surface area contributed by atoms with E-state index in [-0.39, 0.29) is 5.75 Å². The largest absolute Gasteiger partial charge is 0.229 e. The van der Waals surface area contributed by atoms with Gasteiger partial charge in [-0.3, -0.25) is 0 Å². The van der Waals surface area contributed by atoms with E-state index in [0.29, 0.717) is 23.8 Å². The van der Waals surface area contributed by atoms with E-state index in [1.54, 1.807) is 11.8 Å². The molecule has 17 heavy (non-hydrogen) atoms. The molecule has 0 unspecified atom stereocenters. The average Bonchev–Trinajstić information content (AvgIpc) is 2.29. The summed E-state index contributed by atoms with van der Waals surface area (Å²) in [6.45, 7) is 1.88. The fraction of sp³-hybridized carbons (Fsp3) is 0.500. The highest BCUT2D eigenvalue weighted by Crippen LogP contribution is 2.19. The second kappa shape index (κ2) is 7.29. The molecule has 0 spiro atoms. The van der Waals surface area contributed by atoms with Gasteiger partial charge in [0, 0.05) is 22.3 Å². The van der Waals surface area contributed by atoms with Gasteiger partial charge in [0.2, 0.25) is 0 Å². The van der Waals surface area contributed by atoms with Crippen LogP contribution in [-0.4, -0.2) is 25.7 Å². The lowest BCUT2D eigenvalue weighted by atomic mass is 10.2. The fourth-order valence-corrected chi connectivity index (χ4v) is 4.29. The first-order valence-corrected chi connectivity index (χ1v) is 8.89. The van der Waals surface area contributed by atoms with Gasteiger partial charge in [0.15, 0.2) is 9.84 Å². The second-order valence-electron chi connectivity index (χ2n) is 3.78. The standard InChI is InChI=1S/C12H17ClO2S2/c1-2-8-17(14,15)9-7-16-12-5-3-11(10-13)4-6-12/h3-6H,2,7-10H2,1H3. The molecule has 0 N–H and O–H groups in total. The van der Waals surface area contributed by atoms with E-state index < -0.39 is 9.84 Å². The first-order chi connectivity index (χ1) is 8.07. The van der Waals surface area contributed by atoms with E-state index in [2.05, 4.69) is 0 Å². The van der Waals surface area contributed by atoms with Crippen molar-refractivity contribution in [2.45, 2.75) is 24.1 Å². The van der Waals surface area contributed by atoms with Gasteiger partial charge in [-0.15, -0.1) is 23.4 Å². The number of alkyl halides is 1. The van der Waals surface area contributed by atoms with Gasteiger partial charge in [-0.25, -0.2) is 8.42 Å². The molecule has 0 aliphatic rings. The quantitative estimate of drug-likeness (QED) is 0.571. The highest BCUT2D eigenvalue weighted by Gasteiger charge is 2.08. The Morgan fingerprint density at radius 2 is 1.82 bits per heavy atom. The summed E-state index contributed by atoms with van der Waals surface area (Å²) < 4.78 is 23.0. The number of hydrogen-bond acceptors (Lipinski definition) is 3. The van der Waals surface area contributed by atoms with Crippen LogP contribution in [0.5, 0.6) is 0 Å². The van der Waals surface area contributed by atoms with Crippen molar-refractivity contribution in [2.75, 3.05) is 17.3 Å². The Balaban J connectivity index is 2.40. The smallest absolute Gasteiger partial charge is 0.151 e. The lowest BCUT2D eigenvalue weighted by Crippen LogP contribution is -2.12. The zero-order chi connectivity index (χ0) is 12.7. The van der Waals surface area contributed by atoms with Gasteiger partial charge in [0.05, 0.1) is 5.75 Å². The Morgan fingerprint density at radius 3 is 2.35 bits per heavy atom. The molecule has 0 atom stereocenters. The van der Waals surface area contributed by atoms with Crippen LogP contribution in [0.15, 0.2) is 29.2 Å². The maximum Gasteiger partial charge on any atom is 0.151 e. The molecule has 0 aliphatic heterocycles. The zero-order valence-electron chi connectivity index (χ0n) is 9.86. The molecule has 0 aromatic heterocycles. The first kappa shape index (κ1) is 14.9. The minimum Gasteiger partial charge on any atom is -0.229 e. The summed E-state index contributed by atoms with van der Waals surface area (Å²) in [5.74, 6) is 1.67. The number of benzene rings is 1. The molecule has 2 nitrogen and oxygen atoms in total. The summed E-state index contributed by atoms with van der Waals surface area (Å²) in [6, 6.07) is 7.90. The molecule has 96 valence electrons. The molecule has 0 fully saturated rings. The molecule has 5 heteroatoms. The maximum absolute atomic E-state index is 11.5. The van der Waals surface area contributed by atoms with E-state index in [9.17, 15) is 8.42 Å². The van der Waals surface area contributed by atoms with Crippen LogP contribution in [0.2, 0.25) is 0 Å². The molecule has 1 aromatic rings. The maximum atomic E-state index is 11.5. The van der Waals surface area contributed by atoms with Gasteiger partial charge in [0.25, 0.3) is 0 Å². The van der Waals surface area contributed by atoms with Gasteiger partial charge in [-0.05, 0) is 24.1 Å². The Labute approximate surface area is 113 Å². The molecule has 1 aromatic carbocycles. The van der Waals surface area contributed by atoms with Crippen molar-refractivity contribution >= 4 is 33.2 Å². The van der Waals surface area contributed by atoms with Gasteiger partial charge < -0.3 is 0 Å². The van der Waals surface area contributed by atoms with Crippen molar-refractivity contribution in [2.24, 2.45) is 0 Å².